The molecule has 0 aliphatic rings. The first kappa shape index (κ1) is 14.4. The van der Waals surface area contributed by atoms with Crippen molar-refractivity contribution in [3.63, 3.8) is 0 Å². The van der Waals surface area contributed by atoms with E-state index in [1.807, 2.05) is 6.92 Å². The third kappa shape index (κ3) is 4.01. The summed E-state index contributed by atoms with van der Waals surface area (Å²) in [6.07, 6.45) is 0. The molecule has 3 N–H and O–H groups in total. The minimum absolute atomic E-state index is 0.194. The van der Waals surface area contributed by atoms with E-state index in [2.05, 4.69) is 10.3 Å². The highest BCUT2D eigenvalue weighted by molar-refractivity contribution is 7.80. The first-order valence-electron chi connectivity index (χ1n) is 5.79. The lowest BCUT2D eigenvalue weighted by Crippen LogP contribution is -2.17. The number of thiocarbonyl (C=S) groups is 1. The predicted octanol–water partition coefficient (Wildman–Crippen LogP) is 2.37. The lowest BCUT2D eigenvalue weighted by molar-refractivity contribution is 0.102. The van der Waals surface area contributed by atoms with E-state index in [-0.39, 0.29) is 12.5 Å². The molecule has 1 aromatic carbocycles. The van der Waals surface area contributed by atoms with Crippen LogP contribution in [0.1, 0.15) is 15.5 Å². The van der Waals surface area contributed by atoms with E-state index in [0.717, 1.165) is 5.01 Å². The maximum absolute atomic E-state index is 11.9. The maximum atomic E-state index is 11.9. The average molecular weight is 307 g/mol. The number of rotatable bonds is 5. The van der Waals surface area contributed by atoms with E-state index in [0.29, 0.717) is 22.1 Å². The van der Waals surface area contributed by atoms with Crippen LogP contribution in [0, 0.1) is 6.92 Å². The Hall–Kier alpha value is -1.99. The highest BCUT2D eigenvalue weighted by Gasteiger charge is 2.09. The van der Waals surface area contributed by atoms with Gasteiger partial charge in [-0.15, -0.1) is 11.3 Å². The molecule has 0 aliphatic carbocycles. The number of carbonyl (C=O) groups is 1. The van der Waals surface area contributed by atoms with Gasteiger partial charge < -0.3 is 15.8 Å². The zero-order chi connectivity index (χ0) is 14.5. The first-order chi connectivity index (χ1) is 9.54. The van der Waals surface area contributed by atoms with Crippen LogP contribution in [0.3, 0.4) is 0 Å². The van der Waals surface area contributed by atoms with Crippen LogP contribution in [0.5, 0.6) is 5.75 Å². The van der Waals surface area contributed by atoms with Crippen LogP contribution in [0.15, 0.2) is 29.6 Å². The zero-order valence-electron chi connectivity index (χ0n) is 10.8. The van der Waals surface area contributed by atoms with Crippen LogP contribution >= 0.6 is 23.6 Å². The van der Waals surface area contributed by atoms with Gasteiger partial charge in [0, 0.05) is 11.1 Å². The number of amides is 1. The zero-order valence-corrected chi connectivity index (χ0v) is 12.4. The summed E-state index contributed by atoms with van der Waals surface area (Å²) >= 11 is 6.16. The second-order valence-electron chi connectivity index (χ2n) is 3.99. The van der Waals surface area contributed by atoms with Crippen LogP contribution < -0.4 is 15.8 Å². The fourth-order valence-electron chi connectivity index (χ4n) is 1.45. The van der Waals surface area contributed by atoms with Gasteiger partial charge in [-0.1, -0.05) is 12.2 Å². The average Bonchev–Trinajstić information content (AvgIpc) is 2.85. The number of thiazole rings is 1. The van der Waals surface area contributed by atoms with Gasteiger partial charge in [-0.3, -0.25) is 4.79 Å². The van der Waals surface area contributed by atoms with E-state index >= 15 is 0 Å². The molecular weight excluding hydrogens is 294 g/mol. The normalized spacial score (nSPS) is 10.1. The lowest BCUT2D eigenvalue weighted by Gasteiger charge is -2.07. The number of anilines is 1. The van der Waals surface area contributed by atoms with Crippen LogP contribution in [-0.2, 0) is 0 Å². The van der Waals surface area contributed by atoms with Gasteiger partial charge in [-0.25, -0.2) is 4.98 Å². The molecule has 0 radical (unpaired) electrons. The summed E-state index contributed by atoms with van der Waals surface area (Å²) in [4.78, 5) is 16.3. The number of aryl methyl sites for hydroxylation is 1. The van der Waals surface area contributed by atoms with Gasteiger partial charge in [-0.05, 0) is 31.2 Å². The van der Waals surface area contributed by atoms with Crippen molar-refractivity contribution >= 4 is 40.1 Å². The van der Waals surface area contributed by atoms with Crippen molar-refractivity contribution in [1.29, 1.82) is 0 Å². The van der Waals surface area contributed by atoms with Gasteiger partial charge in [0.2, 0.25) is 0 Å². The van der Waals surface area contributed by atoms with Gasteiger partial charge in [0.25, 0.3) is 5.91 Å². The summed E-state index contributed by atoms with van der Waals surface area (Å²) in [6, 6.07) is 6.96. The molecule has 0 fully saturated rings. The Morgan fingerprint density at radius 1 is 1.45 bits per heavy atom. The maximum Gasteiger partial charge on any atom is 0.275 e. The number of hydrogen-bond acceptors (Lipinski definition) is 5. The highest BCUT2D eigenvalue weighted by Crippen LogP contribution is 2.17. The number of benzene rings is 1. The van der Waals surface area contributed by atoms with E-state index in [1.165, 1.54) is 11.3 Å². The summed E-state index contributed by atoms with van der Waals surface area (Å²) in [7, 11) is 0. The quantitative estimate of drug-likeness (QED) is 0.829. The van der Waals surface area contributed by atoms with Crippen molar-refractivity contribution in [1.82, 2.24) is 4.98 Å². The second-order valence-corrected chi connectivity index (χ2v) is 5.57. The molecule has 0 spiro atoms. The summed E-state index contributed by atoms with van der Waals surface area (Å²) < 4.78 is 5.33. The number of aromatic nitrogens is 1. The van der Waals surface area contributed by atoms with Crippen molar-refractivity contribution in [2.45, 2.75) is 6.92 Å². The number of nitrogens with two attached hydrogens (primary N) is 1. The predicted molar refractivity (Wildman–Crippen MR) is 83.5 cm³/mol. The van der Waals surface area contributed by atoms with Gasteiger partial charge in [0.05, 0.1) is 5.01 Å². The second kappa shape index (κ2) is 6.44. The standard InChI is InChI=1S/C13H13N3O2S2/c1-8-15-11(7-20-8)13(17)16-9-2-4-10(5-3-9)18-6-12(14)19/h2-5,7H,6H2,1H3,(H2,14,19)(H,16,17). The van der Waals surface area contributed by atoms with Crippen LogP contribution in [0.4, 0.5) is 5.69 Å². The monoisotopic (exact) mass is 307 g/mol. The Bertz CT molecular complexity index is 623. The molecule has 0 atom stereocenters. The summed E-state index contributed by atoms with van der Waals surface area (Å²) in [6.45, 7) is 2.05. The fraction of sp³-hybridized carbons (Fsp3) is 0.154. The molecule has 0 saturated carbocycles. The molecule has 1 heterocycles. The smallest absolute Gasteiger partial charge is 0.275 e. The van der Waals surface area contributed by atoms with Crippen molar-refractivity contribution in [3.8, 4) is 5.75 Å². The van der Waals surface area contributed by atoms with Crippen molar-refractivity contribution in [2.75, 3.05) is 11.9 Å². The topological polar surface area (TPSA) is 77.2 Å². The molecule has 0 aliphatic heterocycles. The molecule has 20 heavy (non-hydrogen) atoms. The Labute approximate surface area is 125 Å². The van der Waals surface area contributed by atoms with E-state index in [1.54, 1.807) is 29.6 Å². The number of nitrogens with zero attached hydrogens (tertiary/aromatic N) is 1. The Morgan fingerprint density at radius 3 is 2.70 bits per heavy atom. The molecule has 0 saturated heterocycles. The third-order valence-electron chi connectivity index (χ3n) is 2.34. The number of hydrogen-bond donors (Lipinski definition) is 2. The highest BCUT2D eigenvalue weighted by atomic mass is 32.1. The Kier molecular flexibility index (Phi) is 4.65. The molecular formula is C13H13N3O2S2. The first-order valence-corrected chi connectivity index (χ1v) is 7.08. The largest absolute Gasteiger partial charge is 0.487 e. The van der Waals surface area contributed by atoms with Crippen LogP contribution in [0.25, 0.3) is 0 Å². The molecule has 5 nitrogen and oxygen atoms in total. The number of nitrogens with one attached hydrogen (secondary N) is 1. The summed E-state index contributed by atoms with van der Waals surface area (Å²) in [5.41, 5.74) is 6.43. The lowest BCUT2D eigenvalue weighted by atomic mass is 10.3. The molecule has 104 valence electrons. The fourth-order valence-corrected chi connectivity index (χ4v) is 2.10. The van der Waals surface area contributed by atoms with Crippen molar-refractivity contribution in [2.24, 2.45) is 5.73 Å². The number of ether oxygens (including phenoxy) is 1. The van der Waals surface area contributed by atoms with Gasteiger partial charge >= 0.3 is 0 Å². The minimum atomic E-state index is -0.230. The minimum Gasteiger partial charge on any atom is -0.487 e. The molecule has 1 amide bonds. The van der Waals surface area contributed by atoms with Gasteiger partial charge in [-0.2, -0.15) is 0 Å². The molecule has 1 aromatic heterocycles. The van der Waals surface area contributed by atoms with Crippen molar-refractivity contribution in [3.05, 3.63) is 40.3 Å². The van der Waals surface area contributed by atoms with Crippen LogP contribution in [-0.4, -0.2) is 22.5 Å². The molecule has 2 aromatic rings. The SMILES string of the molecule is Cc1nc(C(=O)Nc2ccc(OCC(N)=S)cc2)cs1. The van der Waals surface area contributed by atoms with E-state index in [9.17, 15) is 4.79 Å². The van der Waals surface area contributed by atoms with Gasteiger partial charge in [0.1, 0.15) is 23.0 Å². The summed E-state index contributed by atoms with van der Waals surface area (Å²) in [5.74, 6) is 0.409. The Balaban J connectivity index is 1.96. The van der Waals surface area contributed by atoms with Crippen molar-refractivity contribution < 1.29 is 9.53 Å². The molecule has 0 unspecified atom stereocenters. The summed E-state index contributed by atoms with van der Waals surface area (Å²) in [5, 5.41) is 5.35. The molecule has 0 bridgehead atoms. The van der Waals surface area contributed by atoms with E-state index < -0.39 is 0 Å². The third-order valence-corrected chi connectivity index (χ3v) is 3.24. The van der Waals surface area contributed by atoms with Gasteiger partial charge in [0.15, 0.2) is 0 Å². The van der Waals surface area contributed by atoms with Crippen LogP contribution in [0.2, 0.25) is 0 Å². The Morgan fingerprint density at radius 2 is 2.15 bits per heavy atom. The molecule has 2 rings (SSSR count). The number of carbonyl (C=O) groups excluding carboxylic acids is 1. The van der Waals surface area contributed by atoms with E-state index in [4.69, 9.17) is 22.7 Å². The molecule has 7 heteroatoms.